The van der Waals surface area contributed by atoms with Crippen LogP contribution in [0.15, 0.2) is 60.7 Å². The lowest BCUT2D eigenvalue weighted by atomic mass is 9.95. The lowest BCUT2D eigenvalue weighted by Crippen LogP contribution is -2.31. The fourth-order valence-corrected chi connectivity index (χ4v) is 3.48. The molecule has 0 atom stereocenters. The van der Waals surface area contributed by atoms with Crippen LogP contribution in [-0.2, 0) is 16.1 Å². The van der Waals surface area contributed by atoms with Gasteiger partial charge in [-0.1, -0.05) is 29.8 Å². The highest BCUT2D eigenvalue weighted by Gasteiger charge is 2.41. The molecule has 2 amide bonds. The monoisotopic (exact) mass is 425 g/mol. The molecule has 3 nitrogen and oxygen atoms in total. The maximum absolute atomic E-state index is 14.5. The van der Waals surface area contributed by atoms with Gasteiger partial charge in [-0.3, -0.25) is 14.5 Å². The zero-order valence-corrected chi connectivity index (χ0v) is 16.3. The summed E-state index contributed by atoms with van der Waals surface area (Å²) in [6.07, 6.45) is 0. The fourth-order valence-electron chi connectivity index (χ4n) is 3.48. The van der Waals surface area contributed by atoms with Gasteiger partial charge in [0.2, 0.25) is 0 Å². The second-order valence-electron chi connectivity index (χ2n) is 7.18. The molecule has 156 valence electrons. The maximum atomic E-state index is 14.5. The van der Waals surface area contributed by atoms with Crippen molar-refractivity contribution < 1.29 is 27.2 Å². The van der Waals surface area contributed by atoms with E-state index in [2.05, 4.69) is 0 Å². The Kier molecular flexibility index (Phi) is 5.19. The van der Waals surface area contributed by atoms with Crippen molar-refractivity contribution in [3.05, 3.63) is 106 Å². The Morgan fingerprint density at radius 1 is 0.677 bits per heavy atom. The molecule has 0 spiro atoms. The highest BCUT2D eigenvalue weighted by Crippen LogP contribution is 2.38. The predicted octanol–water partition coefficient (Wildman–Crippen LogP) is 5.03. The minimum absolute atomic E-state index is 0.128. The first kappa shape index (κ1) is 20.5. The number of aryl methyl sites for hydroxylation is 1. The molecule has 3 aromatic carbocycles. The van der Waals surface area contributed by atoms with Crippen LogP contribution < -0.4 is 0 Å². The van der Waals surface area contributed by atoms with Crippen molar-refractivity contribution in [1.82, 2.24) is 4.90 Å². The third-order valence-corrected chi connectivity index (χ3v) is 5.03. The number of hydrogen-bond acceptors (Lipinski definition) is 2. The number of carbonyl (C=O) groups excluding carboxylic acids is 2. The zero-order chi connectivity index (χ0) is 22.3. The lowest BCUT2D eigenvalue weighted by Gasteiger charge is -2.15. The molecular formula is C24H15F4NO2. The summed E-state index contributed by atoms with van der Waals surface area (Å²) in [6.45, 7) is 1.75. The molecule has 0 saturated carbocycles. The predicted molar refractivity (Wildman–Crippen MR) is 106 cm³/mol. The molecule has 1 heterocycles. The molecule has 0 fully saturated rings. The molecule has 1 aliphatic rings. The van der Waals surface area contributed by atoms with Crippen molar-refractivity contribution in [3.8, 4) is 0 Å². The van der Waals surface area contributed by atoms with E-state index in [0.717, 1.165) is 34.7 Å². The summed E-state index contributed by atoms with van der Waals surface area (Å²) in [5.74, 6) is -5.60. The number of nitrogens with zero attached hydrogens (tertiary/aromatic N) is 1. The van der Waals surface area contributed by atoms with E-state index in [-0.39, 0.29) is 17.7 Å². The molecule has 0 unspecified atom stereocenters. The number of amides is 2. The first-order valence-electron chi connectivity index (χ1n) is 9.33. The van der Waals surface area contributed by atoms with Gasteiger partial charge in [0.1, 0.15) is 23.3 Å². The van der Waals surface area contributed by atoms with E-state index in [9.17, 15) is 27.2 Å². The Morgan fingerprint density at radius 2 is 1.13 bits per heavy atom. The average Bonchev–Trinajstić information content (AvgIpc) is 2.94. The van der Waals surface area contributed by atoms with Crippen LogP contribution >= 0.6 is 0 Å². The van der Waals surface area contributed by atoms with Crippen LogP contribution in [0.25, 0.3) is 11.1 Å². The third kappa shape index (κ3) is 3.74. The van der Waals surface area contributed by atoms with Crippen molar-refractivity contribution in [3.63, 3.8) is 0 Å². The standard InChI is InChI=1S/C24H15F4NO2/c1-13-2-4-14(5-3-13)12-29-23(30)21(17-8-6-15(25)10-19(17)27)22(24(29)31)18-9-7-16(26)11-20(18)28/h2-11H,12H2,1H3. The summed E-state index contributed by atoms with van der Waals surface area (Å²) in [5.41, 5.74) is 0.117. The summed E-state index contributed by atoms with van der Waals surface area (Å²) in [7, 11) is 0. The van der Waals surface area contributed by atoms with E-state index in [1.165, 1.54) is 0 Å². The molecule has 0 aliphatic carbocycles. The normalized spacial score (nSPS) is 14.0. The number of imide groups is 1. The number of halogens is 4. The van der Waals surface area contributed by atoms with E-state index in [4.69, 9.17) is 0 Å². The average molecular weight is 425 g/mol. The number of hydrogen-bond donors (Lipinski definition) is 0. The van der Waals surface area contributed by atoms with Crippen molar-refractivity contribution in [2.45, 2.75) is 13.5 Å². The van der Waals surface area contributed by atoms with Crippen LogP contribution in [0.2, 0.25) is 0 Å². The fraction of sp³-hybridized carbons (Fsp3) is 0.0833. The Hall–Kier alpha value is -3.74. The van der Waals surface area contributed by atoms with Crippen molar-refractivity contribution in [2.75, 3.05) is 0 Å². The van der Waals surface area contributed by atoms with Gasteiger partial charge in [0.25, 0.3) is 11.8 Å². The summed E-state index contributed by atoms with van der Waals surface area (Å²) < 4.78 is 55.9. The Balaban J connectivity index is 1.87. The summed E-state index contributed by atoms with van der Waals surface area (Å²) in [6, 6.07) is 12.1. The molecule has 1 aliphatic heterocycles. The van der Waals surface area contributed by atoms with Gasteiger partial charge in [0.15, 0.2) is 0 Å². The molecular weight excluding hydrogens is 410 g/mol. The Labute approximate surface area is 175 Å². The van der Waals surface area contributed by atoms with Crippen LogP contribution in [0.5, 0.6) is 0 Å². The number of rotatable bonds is 4. The second kappa shape index (κ2) is 7.83. The van der Waals surface area contributed by atoms with Gasteiger partial charge in [-0.15, -0.1) is 0 Å². The van der Waals surface area contributed by atoms with Gasteiger partial charge < -0.3 is 0 Å². The van der Waals surface area contributed by atoms with Crippen molar-refractivity contribution >= 4 is 23.0 Å². The van der Waals surface area contributed by atoms with Crippen LogP contribution in [0, 0.1) is 30.2 Å². The first-order chi connectivity index (χ1) is 14.8. The summed E-state index contributed by atoms with van der Waals surface area (Å²) in [4.78, 5) is 27.2. The van der Waals surface area contributed by atoms with E-state index >= 15 is 0 Å². The van der Waals surface area contributed by atoms with E-state index in [1.54, 1.807) is 24.3 Å². The lowest BCUT2D eigenvalue weighted by molar-refractivity contribution is -0.136. The molecule has 0 radical (unpaired) electrons. The van der Waals surface area contributed by atoms with Gasteiger partial charge in [-0.05, 0) is 36.8 Å². The summed E-state index contributed by atoms with van der Waals surface area (Å²) in [5, 5.41) is 0. The van der Waals surface area contributed by atoms with Crippen LogP contribution in [0.3, 0.4) is 0 Å². The Bertz CT molecular complexity index is 1180. The summed E-state index contributed by atoms with van der Waals surface area (Å²) >= 11 is 0. The molecule has 0 saturated heterocycles. The maximum Gasteiger partial charge on any atom is 0.262 e. The van der Waals surface area contributed by atoms with Crippen LogP contribution in [0.4, 0.5) is 17.6 Å². The molecule has 0 aromatic heterocycles. The van der Waals surface area contributed by atoms with E-state index in [1.807, 2.05) is 6.92 Å². The quantitative estimate of drug-likeness (QED) is 0.434. The van der Waals surface area contributed by atoms with Gasteiger partial charge >= 0.3 is 0 Å². The minimum atomic E-state index is -1.08. The van der Waals surface area contributed by atoms with E-state index in [0.29, 0.717) is 17.7 Å². The van der Waals surface area contributed by atoms with Crippen LogP contribution in [0.1, 0.15) is 22.3 Å². The highest BCUT2D eigenvalue weighted by atomic mass is 19.1. The molecule has 3 aromatic rings. The minimum Gasteiger partial charge on any atom is -0.270 e. The van der Waals surface area contributed by atoms with Gasteiger partial charge in [-0.2, -0.15) is 0 Å². The Morgan fingerprint density at radius 3 is 1.55 bits per heavy atom. The zero-order valence-electron chi connectivity index (χ0n) is 16.3. The molecule has 4 rings (SSSR count). The van der Waals surface area contributed by atoms with E-state index < -0.39 is 46.2 Å². The van der Waals surface area contributed by atoms with Crippen LogP contribution in [-0.4, -0.2) is 16.7 Å². The SMILES string of the molecule is Cc1ccc(CN2C(=O)C(c3ccc(F)cc3F)=C(c3ccc(F)cc3F)C2=O)cc1. The molecule has 0 N–H and O–H groups in total. The third-order valence-electron chi connectivity index (χ3n) is 5.03. The number of benzene rings is 3. The topological polar surface area (TPSA) is 37.4 Å². The molecule has 7 heteroatoms. The van der Waals surface area contributed by atoms with Crippen molar-refractivity contribution in [2.24, 2.45) is 0 Å². The largest absolute Gasteiger partial charge is 0.270 e. The van der Waals surface area contributed by atoms with Crippen molar-refractivity contribution in [1.29, 1.82) is 0 Å². The van der Waals surface area contributed by atoms with Gasteiger partial charge in [-0.25, -0.2) is 17.6 Å². The molecule has 31 heavy (non-hydrogen) atoms. The van der Waals surface area contributed by atoms with Gasteiger partial charge in [0.05, 0.1) is 17.7 Å². The van der Waals surface area contributed by atoms with Gasteiger partial charge in [0, 0.05) is 23.3 Å². The number of carbonyl (C=O) groups is 2. The second-order valence-corrected chi connectivity index (χ2v) is 7.18. The highest BCUT2D eigenvalue weighted by molar-refractivity contribution is 6.49. The smallest absolute Gasteiger partial charge is 0.262 e. The first-order valence-corrected chi connectivity index (χ1v) is 9.33. The molecule has 0 bridgehead atoms.